The molecule has 0 bridgehead atoms. The number of carbonyl (C=O) groups excluding carboxylic acids is 1. The lowest BCUT2D eigenvalue weighted by atomic mass is 10.1. The molecule has 0 radical (unpaired) electrons. The van der Waals surface area contributed by atoms with E-state index in [2.05, 4.69) is 86.8 Å². The van der Waals surface area contributed by atoms with Crippen LogP contribution in [0.3, 0.4) is 0 Å². The molecule has 2 unspecified atom stereocenters. The molecule has 0 amide bonds. The largest absolute Gasteiger partial charge is 0.472 e. The summed E-state index contributed by atoms with van der Waals surface area (Å²) < 4.78 is 33.0. The lowest BCUT2D eigenvalue weighted by molar-refractivity contribution is -0.154. The Morgan fingerprint density at radius 1 is 0.660 bits per heavy atom. The number of esters is 1. The van der Waals surface area contributed by atoms with Gasteiger partial charge in [-0.25, -0.2) is 4.57 Å². The Morgan fingerprint density at radius 2 is 1.19 bits per heavy atom. The van der Waals surface area contributed by atoms with Gasteiger partial charge >= 0.3 is 13.8 Å². The summed E-state index contributed by atoms with van der Waals surface area (Å²) in [7, 11) is -4.27. The van der Waals surface area contributed by atoms with E-state index in [9.17, 15) is 14.3 Å². The maximum atomic E-state index is 12.3. The zero-order valence-electron chi connectivity index (χ0n) is 29.5. The summed E-state index contributed by atoms with van der Waals surface area (Å²) >= 11 is 0. The molecular formula is C38H66NO7P. The molecule has 0 aromatic carbocycles. The van der Waals surface area contributed by atoms with E-state index >= 15 is 0 Å². The molecule has 0 saturated heterocycles. The zero-order valence-corrected chi connectivity index (χ0v) is 30.4. The van der Waals surface area contributed by atoms with Crippen molar-refractivity contribution in [3.05, 3.63) is 72.9 Å². The van der Waals surface area contributed by atoms with Crippen LogP contribution in [0.5, 0.6) is 0 Å². The molecule has 0 fully saturated rings. The fourth-order valence-electron chi connectivity index (χ4n) is 4.29. The van der Waals surface area contributed by atoms with Crippen molar-refractivity contribution in [1.29, 1.82) is 0 Å². The van der Waals surface area contributed by atoms with E-state index in [4.69, 9.17) is 24.3 Å². The van der Waals surface area contributed by atoms with Crippen molar-refractivity contribution >= 4 is 13.8 Å². The van der Waals surface area contributed by atoms with Crippen molar-refractivity contribution in [1.82, 2.24) is 0 Å². The molecule has 0 spiro atoms. The van der Waals surface area contributed by atoms with Crippen LogP contribution in [-0.2, 0) is 27.9 Å². The Labute approximate surface area is 286 Å². The molecular weight excluding hydrogens is 613 g/mol. The second-order valence-corrected chi connectivity index (χ2v) is 12.8. The van der Waals surface area contributed by atoms with Crippen molar-refractivity contribution in [3.63, 3.8) is 0 Å². The van der Waals surface area contributed by atoms with Crippen molar-refractivity contribution < 1.29 is 32.8 Å². The van der Waals surface area contributed by atoms with Gasteiger partial charge in [0.05, 0.1) is 19.8 Å². The van der Waals surface area contributed by atoms with Gasteiger partial charge in [-0.05, 0) is 64.2 Å². The first-order valence-corrected chi connectivity index (χ1v) is 19.4. The average Bonchev–Trinajstić information content (AvgIpc) is 3.06. The van der Waals surface area contributed by atoms with E-state index < -0.39 is 13.9 Å². The maximum Gasteiger partial charge on any atom is 0.472 e. The van der Waals surface area contributed by atoms with Crippen molar-refractivity contribution in [2.24, 2.45) is 5.73 Å². The molecule has 0 rings (SSSR count). The number of rotatable bonds is 33. The standard InChI is InChI=1S/C38H66NO7P/c1-3-5-7-9-11-12-13-14-15-16-17-18-19-20-21-22-23-24-25-26-28-30-33-43-35-37(36-45-47(41,42)44-34-32-39)46-38(40)31-29-27-10-8-6-4-2/h5,7,11-12,14-15,17-18,20-21,23-24,37H,3-4,6,8-10,13,16,19,22,25-36,39H2,1-2H3,(H,41,42)/b7-5-,12-11-,15-14-,18-17-,21-20-,24-23-. The molecule has 47 heavy (non-hydrogen) atoms. The van der Waals surface area contributed by atoms with Gasteiger partial charge in [-0.15, -0.1) is 0 Å². The lowest BCUT2D eigenvalue weighted by Gasteiger charge is -2.20. The third-order valence-corrected chi connectivity index (χ3v) is 7.87. The van der Waals surface area contributed by atoms with Crippen LogP contribution in [0.15, 0.2) is 72.9 Å². The summed E-state index contributed by atoms with van der Waals surface area (Å²) in [5, 5.41) is 0. The monoisotopic (exact) mass is 679 g/mol. The van der Waals surface area contributed by atoms with Crippen LogP contribution in [0, 0.1) is 0 Å². The predicted molar refractivity (Wildman–Crippen MR) is 196 cm³/mol. The summed E-state index contributed by atoms with van der Waals surface area (Å²) in [6.45, 7) is 4.61. The predicted octanol–water partition coefficient (Wildman–Crippen LogP) is 10.0. The number of phosphoric ester groups is 1. The number of hydrogen-bond donors (Lipinski definition) is 2. The minimum absolute atomic E-state index is 0.0896. The Balaban J connectivity index is 4.08. The van der Waals surface area contributed by atoms with Gasteiger partial charge in [0.1, 0.15) is 6.10 Å². The first kappa shape index (κ1) is 44.9. The highest BCUT2D eigenvalue weighted by Gasteiger charge is 2.25. The topological polar surface area (TPSA) is 117 Å². The number of ether oxygens (including phenoxy) is 2. The van der Waals surface area contributed by atoms with Crippen LogP contribution < -0.4 is 5.73 Å². The quantitative estimate of drug-likeness (QED) is 0.0305. The lowest BCUT2D eigenvalue weighted by Crippen LogP contribution is -2.28. The van der Waals surface area contributed by atoms with Gasteiger partial charge in [0, 0.05) is 19.6 Å². The Hall–Kier alpha value is -2.06. The van der Waals surface area contributed by atoms with Crippen molar-refractivity contribution in [2.45, 2.75) is 129 Å². The number of unbranched alkanes of at least 4 members (excludes halogenated alkanes) is 8. The fraction of sp³-hybridized carbons (Fsp3) is 0.658. The van der Waals surface area contributed by atoms with Crippen LogP contribution in [0.2, 0.25) is 0 Å². The Morgan fingerprint density at radius 3 is 1.77 bits per heavy atom. The minimum atomic E-state index is -4.27. The second-order valence-electron chi connectivity index (χ2n) is 11.4. The van der Waals surface area contributed by atoms with Crippen molar-refractivity contribution in [2.75, 3.05) is 33.0 Å². The van der Waals surface area contributed by atoms with E-state index in [1.165, 1.54) is 19.3 Å². The van der Waals surface area contributed by atoms with Gasteiger partial charge in [0.15, 0.2) is 0 Å². The molecule has 0 aromatic rings. The summed E-state index contributed by atoms with van der Waals surface area (Å²) in [4.78, 5) is 22.1. The molecule has 270 valence electrons. The van der Waals surface area contributed by atoms with Crippen molar-refractivity contribution in [3.8, 4) is 0 Å². The van der Waals surface area contributed by atoms with Gasteiger partial charge in [0.2, 0.25) is 0 Å². The van der Waals surface area contributed by atoms with Gasteiger partial charge in [-0.3, -0.25) is 13.8 Å². The third kappa shape index (κ3) is 35.1. The molecule has 3 N–H and O–H groups in total. The van der Waals surface area contributed by atoms with E-state index in [1.807, 2.05) is 0 Å². The number of carbonyl (C=O) groups is 1. The number of nitrogens with two attached hydrogens (primary N) is 1. The van der Waals surface area contributed by atoms with Gasteiger partial charge in [0.25, 0.3) is 0 Å². The normalized spacial score (nSPS) is 14.6. The van der Waals surface area contributed by atoms with Crippen LogP contribution in [0.1, 0.15) is 123 Å². The highest BCUT2D eigenvalue weighted by molar-refractivity contribution is 7.47. The fourth-order valence-corrected chi connectivity index (χ4v) is 5.06. The van der Waals surface area contributed by atoms with Gasteiger partial charge in [-0.1, -0.05) is 125 Å². The first-order valence-electron chi connectivity index (χ1n) is 17.9. The summed E-state index contributed by atoms with van der Waals surface area (Å²) in [6, 6.07) is 0. The molecule has 0 aliphatic rings. The van der Waals surface area contributed by atoms with Crippen LogP contribution in [0.4, 0.5) is 0 Å². The highest BCUT2D eigenvalue weighted by atomic mass is 31.2. The first-order chi connectivity index (χ1) is 22.9. The van der Waals surface area contributed by atoms with Crippen LogP contribution in [0.25, 0.3) is 0 Å². The molecule has 9 heteroatoms. The van der Waals surface area contributed by atoms with Gasteiger partial charge in [-0.2, -0.15) is 0 Å². The number of phosphoric acid groups is 1. The molecule has 8 nitrogen and oxygen atoms in total. The maximum absolute atomic E-state index is 12.3. The SMILES string of the molecule is CC/C=C\C/C=C\C/C=C\C/C=C\C/C=C\C/C=C\CCCCCOCC(COP(=O)(O)OCCN)OC(=O)CCCCCCCC. The summed E-state index contributed by atoms with van der Waals surface area (Å²) in [5.41, 5.74) is 5.32. The zero-order chi connectivity index (χ0) is 34.5. The Bertz CT molecular complexity index is 942. The van der Waals surface area contributed by atoms with E-state index in [1.54, 1.807) is 0 Å². The molecule has 0 saturated carbocycles. The molecule has 0 aromatic heterocycles. The smallest absolute Gasteiger partial charge is 0.457 e. The second kappa shape index (κ2) is 35.3. The molecule has 0 aliphatic heterocycles. The Kier molecular flexibility index (Phi) is 33.7. The summed E-state index contributed by atoms with van der Waals surface area (Å²) in [6.07, 6.45) is 42.3. The van der Waals surface area contributed by atoms with Crippen LogP contribution >= 0.6 is 7.82 Å². The van der Waals surface area contributed by atoms with E-state index in [0.717, 1.165) is 83.5 Å². The van der Waals surface area contributed by atoms with E-state index in [-0.39, 0.29) is 32.3 Å². The number of hydrogen-bond acceptors (Lipinski definition) is 7. The average molecular weight is 680 g/mol. The van der Waals surface area contributed by atoms with E-state index in [0.29, 0.717) is 13.0 Å². The van der Waals surface area contributed by atoms with Gasteiger partial charge < -0.3 is 20.1 Å². The molecule has 2 atom stereocenters. The molecule has 0 heterocycles. The van der Waals surface area contributed by atoms with Crippen LogP contribution in [-0.4, -0.2) is 49.9 Å². The summed E-state index contributed by atoms with van der Waals surface area (Å²) in [5.74, 6) is -0.357. The third-order valence-electron chi connectivity index (χ3n) is 6.89. The highest BCUT2D eigenvalue weighted by Crippen LogP contribution is 2.43. The molecule has 0 aliphatic carbocycles. The minimum Gasteiger partial charge on any atom is -0.457 e. The number of allylic oxidation sites excluding steroid dienone is 12.